The van der Waals surface area contributed by atoms with Crippen LogP contribution in [0.2, 0.25) is 0 Å². The Morgan fingerprint density at radius 3 is 2.13 bits per heavy atom. The van der Waals surface area contributed by atoms with Crippen LogP contribution < -0.4 is 10.6 Å². The number of methoxy groups -OCH3 is 2. The van der Waals surface area contributed by atoms with Crippen LogP contribution >= 0.6 is 0 Å². The first-order valence-electron chi connectivity index (χ1n) is 22.1. The van der Waals surface area contributed by atoms with Gasteiger partial charge >= 0.3 is 5.97 Å². The molecule has 63 heavy (non-hydrogen) atoms. The predicted molar refractivity (Wildman–Crippen MR) is 239 cm³/mol. The monoisotopic (exact) mass is 881 g/mol. The number of likely N-dealkylation sites (N-methyl/N-ethyl adjacent to an activating group) is 2. The highest BCUT2D eigenvalue weighted by atomic mass is 16.5. The van der Waals surface area contributed by atoms with E-state index in [1.165, 1.54) is 24.2 Å². The van der Waals surface area contributed by atoms with Crippen molar-refractivity contribution in [1.82, 2.24) is 30.2 Å². The van der Waals surface area contributed by atoms with Gasteiger partial charge in [-0.05, 0) is 50.5 Å². The van der Waals surface area contributed by atoms with Gasteiger partial charge in [-0.2, -0.15) is 0 Å². The number of amides is 6. The number of hydrogen-bond acceptors (Lipinski definition) is 10. The number of aliphatic carboxylic acids is 1. The fraction of sp³-hybridized carbons (Fsp3) is 0.638. The van der Waals surface area contributed by atoms with Crippen LogP contribution in [0.25, 0.3) is 0 Å². The Morgan fingerprint density at radius 2 is 1.59 bits per heavy atom. The van der Waals surface area contributed by atoms with E-state index in [0.29, 0.717) is 25.1 Å². The lowest BCUT2D eigenvalue weighted by molar-refractivity contribution is -0.145. The van der Waals surface area contributed by atoms with Crippen molar-refractivity contribution in [2.75, 3.05) is 41.4 Å². The molecule has 1 aromatic carbocycles. The molecule has 0 spiro atoms. The molecule has 0 aliphatic carbocycles. The first-order valence-corrected chi connectivity index (χ1v) is 22.1. The number of rotatable bonds is 25. The maximum atomic E-state index is 14.3. The Balaban J connectivity index is 1.73. The molecule has 350 valence electrons. The van der Waals surface area contributed by atoms with Gasteiger partial charge in [0.25, 0.3) is 11.8 Å². The lowest BCUT2D eigenvalue weighted by Gasteiger charge is -2.44. The summed E-state index contributed by atoms with van der Waals surface area (Å²) in [5, 5.41) is 15.8. The van der Waals surface area contributed by atoms with E-state index in [9.17, 15) is 38.7 Å². The molecule has 3 N–H and O–H groups in total. The van der Waals surface area contributed by atoms with E-state index >= 15 is 0 Å². The SMILES string of the molecule is C=C([C@@H](NC(=O)C(C)(C)N(C)C(=O)CCCN1C(=O)C=CC1=O)C(C)C)N(C)[C@@H]([C@@H](C)CC)[C@@H](CC(=O)N1CCCC1[C@H](OC)[C@@H](C)C(=O)N[C@@H](Cc1ccccc1)C(=O)O)OC. The van der Waals surface area contributed by atoms with Crippen LogP contribution in [0.4, 0.5) is 0 Å². The molecule has 16 heteroatoms. The van der Waals surface area contributed by atoms with Crippen LogP contribution in [0.3, 0.4) is 0 Å². The number of nitrogens with zero attached hydrogens (tertiary/aromatic N) is 4. The zero-order valence-electron chi connectivity index (χ0n) is 39.2. The molecule has 2 aliphatic heterocycles. The number of nitrogens with one attached hydrogen (secondary N) is 2. The summed E-state index contributed by atoms with van der Waals surface area (Å²) < 4.78 is 12.0. The molecule has 8 atom stereocenters. The average Bonchev–Trinajstić information content (AvgIpc) is 3.87. The summed E-state index contributed by atoms with van der Waals surface area (Å²) in [6.45, 7) is 18.1. The Labute approximate surface area is 373 Å². The molecule has 2 heterocycles. The van der Waals surface area contributed by atoms with Gasteiger partial charge in [-0.1, -0.05) is 78.0 Å². The Hall–Kier alpha value is -5.09. The van der Waals surface area contributed by atoms with Gasteiger partial charge in [0.1, 0.15) is 11.6 Å². The van der Waals surface area contributed by atoms with Gasteiger partial charge in [0.15, 0.2) is 0 Å². The van der Waals surface area contributed by atoms with Crippen molar-refractivity contribution in [3.05, 3.63) is 60.3 Å². The van der Waals surface area contributed by atoms with Crippen molar-refractivity contribution in [2.24, 2.45) is 17.8 Å². The summed E-state index contributed by atoms with van der Waals surface area (Å²) in [7, 11) is 6.50. The third-order valence-electron chi connectivity index (χ3n) is 13.0. The highest BCUT2D eigenvalue weighted by Gasteiger charge is 2.43. The fourth-order valence-corrected chi connectivity index (χ4v) is 8.55. The number of ether oxygens (including phenoxy) is 2. The molecule has 1 unspecified atom stereocenters. The van der Waals surface area contributed by atoms with Gasteiger partial charge in [0.2, 0.25) is 23.6 Å². The lowest BCUT2D eigenvalue weighted by Crippen LogP contribution is -2.59. The molecule has 0 radical (unpaired) electrons. The van der Waals surface area contributed by atoms with Gasteiger partial charge in [0.05, 0.1) is 42.7 Å². The smallest absolute Gasteiger partial charge is 0.326 e. The molecule has 1 saturated heterocycles. The molecule has 16 nitrogen and oxygen atoms in total. The van der Waals surface area contributed by atoms with Crippen molar-refractivity contribution in [1.29, 1.82) is 0 Å². The van der Waals surface area contributed by atoms with Crippen LogP contribution in [-0.4, -0.2) is 149 Å². The number of carbonyl (C=O) groups is 7. The number of carboxylic acids is 1. The highest BCUT2D eigenvalue weighted by molar-refractivity contribution is 6.12. The number of benzene rings is 1. The molecule has 0 bridgehead atoms. The summed E-state index contributed by atoms with van der Waals surface area (Å²) in [4.78, 5) is 97.4. The zero-order chi connectivity index (χ0) is 47.3. The standard InChI is InChI=1S/C47H72N6O10/c1-13-30(4)42(50(9)32(6)41(29(2)3)49-46(61)47(7,8)51(10)37(54)22-18-26-53-38(55)23-24-39(53)56)36(62-11)28-40(57)52-25-17-21-35(52)43(63-12)31(5)44(58)48-34(45(59)60)27-33-19-15-14-16-20-33/h14-16,19-20,23-24,29-31,34-36,41-43H,6,13,17-18,21-22,25-28H2,1-5,7-12H3,(H,48,58)(H,49,61)(H,59,60)/t30-,31+,34-,35?,36+,41-,42-,43+/m0/s1. The largest absolute Gasteiger partial charge is 0.480 e. The highest BCUT2D eigenvalue weighted by Crippen LogP contribution is 2.31. The Kier molecular flexibility index (Phi) is 19.5. The van der Waals surface area contributed by atoms with Crippen LogP contribution in [0.15, 0.2) is 54.8 Å². The molecule has 6 amide bonds. The summed E-state index contributed by atoms with van der Waals surface area (Å²) in [5.41, 5.74) is 0.102. The van der Waals surface area contributed by atoms with Crippen molar-refractivity contribution >= 4 is 41.4 Å². The maximum Gasteiger partial charge on any atom is 0.326 e. The second kappa shape index (κ2) is 23.6. The van der Waals surface area contributed by atoms with Gasteiger partial charge < -0.3 is 39.9 Å². The van der Waals surface area contributed by atoms with Crippen LogP contribution in [0.5, 0.6) is 0 Å². The molecule has 1 aromatic rings. The molecule has 2 aliphatic rings. The Bertz CT molecular complexity index is 1800. The average molecular weight is 881 g/mol. The summed E-state index contributed by atoms with van der Waals surface area (Å²) in [6.07, 6.45) is 3.56. The van der Waals surface area contributed by atoms with E-state index in [2.05, 4.69) is 31.1 Å². The number of imide groups is 1. The van der Waals surface area contributed by atoms with Crippen molar-refractivity contribution in [2.45, 2.75) is 135 Å². The number of carbonyl (C=O) groups excluding carboxylic acids is 6. The van der Waals surface area contributed by atoms with Crippen molar-refractivity contribution in [3.8, 4) is 0 Å². The molecule has 0 saturated carbocycles. The second-order valence-electron chi connectivity index (χ2n) is 17.8. The predicted octanol–water partition coefficient (Wildman–Crippen LogP) is 3.79. The van der Waals surface area contributed by atoms with Crippen molar-refractivity contribution < 1.29 is 48.1 Å². The minimum absolute atomic E-state index is 0.0121. The summed E-state index contributed by atoms with van der Waals surface area (Å²) in [6, 6.07) is 6.59. The molecule has 1 fully saturated rings. The second-order valence-corrected chi connectivity index (χ2v) is 17.8. The number of likely N-dealkylation sites (tertiary alicyclic amines) is 1. The van der Waals surface area contributed by atoms with Gasteiger partial charge in [-0.3, -0.25) is 33.7 Å². The third kappa shape index (κ3) is 13.2. The third-order valence-corrected chi connectivity index (χ3v) is 13.0. The van der Waals surface area contributed by atoms with E-state index in [-0.39, 0.29) is 61.9 Å². The van der Waals surface area contributed by atoms with Crippen LogP contribution in [-0.2, 0) is 49.5 Å². The van der Waals surface area contributed by atoms with E-state index in [4.69, 9.17) is 9.47 Å². The van der Waals surface area contributed by atoms with E-state index < -0.39 is 71.4 Å². The minimum Gasteiger partial charge on any atom is -0.480 e. The van der Waals surface area contributed by atoms with Gasteiger partial charge in [-0.15, -0.1) is 0 Å². The van der Waals surface area contributed by atoms with E-state index in [0.717, 1.165) is 16.9 Å². The Morgan fingerprint density at radius 1 is 0.968 bits per heavy atom. The number of hydrogen-bond donors (Lipinski definition) is 3. The summed E-state index contributed by atoms with van der Waals surface area (Å²) >= 11 is 0. The van der Waals surface area contributed by atoms with E-state index in [1.54, 1.807) is 39.8 Å². The zero-order valence-corrected chi connectivity index (χ0v) is 39.2. The molecule has 3 rings (SSSR count). The summed E-state index contributed by atoms with van der Waals surface area (Å²) in [5.74, 6) is -4.22. The lowest BCUT2D eigenvalue weighted by atomic mass is 9.88. The normalized spacial score (nSPS) is 18.6. The number of carboxylic acid groups (broad SMARTS) is 1. The maximum absolute atomic E-state index is 14.3. The fourth-order valence-electron chi connectivity index (χ4n) is 8.55. The van der Waals surface area contributed by atoms with E-state index in [1.807, 2.05) is 56.1 Å². The first kappa shape index (κ1) is 52.3. The molecular formula is C47H72N6O10. The molecular weight excluding hydrogens is 809 g/mol. The van der Waals surface area contributed by atoms with Gasteiger partial charge in [0, 0.05) is 72.1 Å². The van der Waals surface area contributed by atoms with Crippen LogP contribution in [0, 0.1) is 17.8 Å². The topological polar surface area (TPSA) is 195 Å². The van der Waals surface area contributed by atoms with Gasteiger partial charge in [-0.25, -0.2) is 4.79 Å². The first-order chi connectivity index (χ1) is 29.6. The van der Waals surface area contributed by atoms with Crippen LogP contribution in [0.1, 0.15) is 92.6 Å². The molecule has 0 aromatic heterocycles. The quantitative estimate of drug-likeness (QED) is 0.121. The minimum atomic E-state index is -1.27. The van der Waals surface area contributed by atoms with Crippen molar-refractivity contribution in [3.63, 3.8) is 0 Å².